The maximum absolute atomic E-state index is 5.60. The van der Waals surface area contributed by atoms with Gasteiger partial charge in [0.1, 0.15) is 0 Å². The van der Waals surface area contributed by atoms with Crippen molar-refractivity contribution in [3.63, 3.8) is 0 Å². The van der Waals surface area contributed by atoms with Crippen molar-refractivity contribution < 1.29 is 0 Å². The number of hydrogen-bond acceptors (Lipinski definition) is 3. The highest BCUT2D eigenvalue weighted by Gasteiger charge is 2.17. The molecule has 2 aromatic rings. The number of anilines is 1. The lowest BCUT2D eigenvalue weighted by Crippen LogP contribution is -2.45. The average molecular weight is 295 g/mol. The molecule has 2 N–H and O–H groups in total. The molecule has 22 heavy (non-hydrogen) atoms. The van der Waals surface area contributed by atoms with Crippen LogP contribution in [0.2, 0.25) is 0 Å². The first kappa shape index (κ1) is 15.1. The van der Waals surface area contributed by atoms with Gasteiger partial charge in [-0.1, -0.05) is 42.5 Å². The minimum atomic E-state index is 0.720. The van der Waals surface area contributed by atoms with E-state index in [1.807, 2.05) is 0 Å². The van der Waals surface area contributed by atoms with Crippen LogP contribution in [0.25, 0.3) is 0 Å². The monoisotopic (exact) mass is 295 g/mol. The highest BCUT2D eigenvalue weighted by Crippen LogP contribution is 2.18. The van der Waals surface area contributed by atoms with Crippen LogP contribution < -0.4 is 10.6 Å². The zero-order valence-electron chi connectivity index (χ0n) is 13.1. The predicted molar refractivity (Wildman–Crippen MR) is 93.1 cm³/mol. The highest BCUT2D eigenvalue weighted by atomic mass is 15.3. The van der Waals surface area contributed by atoms with E-state index in [-0.39, 0.29) is 0 Å². The Labute approximate surface area is 133 Å². The minimum absolute atomic E-state index is 0.720. The normalized spacial score (nSPS) is 16.0. The molecule has 0 saturated carbocycles. The summed E-state index contributed by atoms with van der Waals surface area (Å²) in [4.78, 5) is 5.02. The second kappa shape index (κ2) is 7.43. The van der Waals surface area contributed by atoms with Crippen LogP contribution in [0.3, 0.4) is 0 Å². The van der Waals surface area contributed by atoms with Gasteiger partial charge in [0.25, 0.3) is 0 Å². The zero-order valence-corrected chi connectivity index (χ0v) is 13.1. The molecule has 0 bridgehead atoms. The number of nitrogens with two attached hydrogens (primary N) is 1. The maximum atomic E-state index is 5.60. The Balaban J connectivity index is 1.53. The van der Waals surface area contributed by atoms with Crippen LogP contribution >= 0.6 is 0 Å². The second-order valence-corrected chi connectivity index (χ2v) is 5.95. The Morgan fingerprint density at radius 2 is 1.45 bits per heavy atom. The molecule has 0 aromatic heterocycles. The van der Waals surface area contributed by atoms with Gasteiger partial charge in [-0.25, -0.2) is 0 Å². The Hall–Kier alpha value is -1.84. The molecule has 0 aliphatic carbocycles. The molecule has 1 aliphatic rings. The minimum Gasteiger partial charge on any atom is -0.369 e. The van der Waals surface area contributed by atoms with E-state index < -0.39 is 0 Å². The van der Waals surface area contributed by atoms with Gasteiger partial charge in [0.2, 0.25) is 0 Å². The molecule has 0 atom stereocenters. The summed E-state index contributed by atoms with van der Waals surface area (Å²) in [7, 11) is 0. The molecule has 0 unspecified atom stereocenters. The predicted octanol–water partition coefficient (Wildman–Crippen LogP) is 2.51. The lowest BCUT2D eigenvalue weighted by molar-refractivity contribution is 0.250. The molecule has 3 heteroatoms. The summed E-state index contributed by atoms with van der Waals surface area (Å²) < 4.78 is 0. The first-order chi connectivity index (χ1) is 10.8. The molecular formula is C19H25N3. The third-order valence-corrected chi connectivity index (χ3v) is 4.36. The number of nitrogens with zero attached hydrogens (tertiary/aromatic N) is 2. The van der Waals surface area contributed by atoms with Crippen molar-refractivity contribution >= 4 is 5.69 Å². The molecule has 1 heterocycles. The molecule has 1 saturated heterocycles. The van der Waals surface area contributed by atoms with Gasteiger partial charge in [0, 0.05) is 38.4 Å². The summed E-state index contributed by atoms with van der Waals surface area (Å²) in [6.45, 7) is 6.23. The SMILES string of the molecule is NCCc1ccc(N2CCN(Cc3ccccc3)CC2)cc1. The Morgan fingerprint density at radius 1 is 0.773 bits per heavy atom. The standard InChI is InChI=1S/C19H25N3/c20-11-10-17-6-8-19(9-7-17)22-14-12-21(13-15-22)16-18-4-2-1-3-5-18/h1-9H,10-16,20H2. The molecule has 0 spiro atoms. The van der Waals surface area contributed by atoms with Crippen molar-refractivity contribution in [2.24, 2.45) is 5.73 Å². The first-order valence-electron chi connectivity index (χ1n) is 8.15. The lowest BCUT2D eigenvalue weighted by Gasteiger charge is -2.36. The van der Waals surface area contributed by atoms with Gasteiger partial charge in [0.05, 0.1) is 0 Å². The van der Waals surface area contributed by atoms with Crippen molar-refractivity contribution in [1.82, 2.24) is 4.90 Å². The summed E-state index contributed by atoms with van der Waals surface area (Å²) >= 11 is 0. The third-order valence-electron chi connectivity index (χ3n) is 4.36. The second-order valence-electron chi connectivity index (χ2n) is 5.95. The molecular weight excluding hydrogens is 270 g/mol. The summed E-state index contributed by atoms with van der Waals surface area (Å²) in [6.07, 6.45) is 0.963. The Kier molecular flexibility index (Phi) is 5.09. The third kappa shape index (κ3) is 3.87. The van der Waals surface area contributed by atoms with E-state index in [1.54, 1.807) is 0 Å². The highest BCUT2D eigenvalue weighted by molar-refractivity contribution is 5.48. The van der Waals surface area contributed by atoms with Crippen molar-refractivity contribution in [3.8, 4) is 0 Å². The molecule has 0 radical (unpaired) electrons. The van der Waals surface area contributed by atoms with Gasteiger partial charge >= 0.3 is 0 Å². The van der Waals surface area contributed by atoms with Crippen LogP contribution in [0.1, 0.15) is 11.1 Å². The van der Waals surface area contributed by atoms with Crippen LogP contribution in [0, 0.1) is 0 Å². The molecule has 2 aromatic carbocycles. The summed E-state index contributed by atoms with van der Waals surface area (Å²) in [5.74, 6) is 0. The van der Waals surface area contributed by atoms with Crippen LogP contribution in [0.4, 0.5) is 5.69 Å². The van der Waals surface area contributed by atoms with Crippen molar-refractivity contribution in [2.75, 3.05) is 37.6 Å². The van der Waals surface area contributed by atoms with E-state index in [2.05, 4.69) is 64.4 Å². The van der Waals surface area contributed by atoms with Gasteiger partial charge in [-0.2, -0.15) is 0 Å². The van der Waals surface area contributed by atoms with Crippen LogP contribution in [0.15, 0.2) is 54.6 Å². The molecule has 1 fully saturated rings. The van der Waals surface area contributed by atoms with E-state index in [1.165, 1.54) is 16.8 Å². The molecule has 3 rings (SSSR count). The van der Waals surface area contributed by atoms with E-state index in [9.17, 15) is 0 Å². The summed E-state index contributed by atoms with van der Waals surface area (Å²) in [5.41, 5.74) is 9.67. The van der Waals surface area contributed by atoms with Crippen molar-refractivity contribution in [2.45, 2.75) is 13.0 Å². The van der Waals surface area contributed by atoms with Gasteiger partial charge < -0.3 is 10.6 Å². The Bertz CT molecular complexity index is 557. The summed E-state index contributed by atoms with van der Waals surface area (Å²) in [6, 6.07) is 19.6. The van der Waals surface area contributed by atoms with Gasteiger partial charge in [-0.3, -0.25) is 4.90 Å². The smallest absolute Gasteiger partial charge is 0.0367 e. The van der Waals surface area contributed by atoms with Crippen LogP contribution in [-0.4, -0.2) is 37.6 Å². The number of hydrogen-bond donors (Lipinski definition) is 1. The molecule has 0 amide bonds. The van der Waals surface area contributed by atoms with Gasteiger partial charge in [-0.15, -0.1) is 0 Å². The van der Waals surface area contributed by atoms with E-state index in [0.717, 1.165) is 45.7 Å². The number of benzene rings is 2. The van der Waals surface area contributed by atoms with Gasteiger partial charge in [0.15, 0.2) is 0 Å². The fourth-order valence-corrected chi connectivity index (χ4v) is 3.05. The Morgan fingerprint density at radius 3 is 2.09 bits per heavy atom. The average Bonchev–Trinajstić information content (AvgIpc) is 2.58. The topological polar surface area (TPSA) is 32.5 Å². The van der Waals surface area contributed by atoms with Crippen LogP contribution in [0.5, 0.6) is 0 Å². The van der Waals surface area contributed by atoms with Crippen molar-refractivity contribution in [1.29, 1.82) is 0 Å². The molecule has 116 valence electrons. The lowest BCUT2D eigenvalue weighted by atomic mass is 10.1. The number of piperazine rings is 1. The van der Waals surface area contributed by atoms with E-state index >= 15 is 0 Å². The fourth-order valence-electron chi connectivity index (χ4n) is 3.05. The largest absolute Gasteiger partial charge is 0.369 e. The number of rotatable bonds is 5. The van der Waals surface area contributed by atoms with E-state index in [4.69, 9.17) is 5.73 Å². The summed E-state index contributed by atoms with van der Waals surface area (Å²) in [5, 5.41) is 0. The molecule has 3 nitrogen and oxygen atoms in total. The quantitative estimate of drug-likeness (QED) is 0.920. The maximum Gasteiger partial charge on any atom is 0.0367 e. The van der Waals surface area contributed by atoms with Crippen molar-refractivity contribution in [3.05, 3.63) is 65.7 Å². The van der Waals surface area contributed by atoms with Crippen LogP contribution in [-0.2, 0) is 13.0 Å². The van der Waals surface area contributed by atoms with E-state index in [0.29, 0.717) is 0 Å². The zero-order chi connectivity index (χ0) is 15.2. The first-order valence-corrected chi connectivity index (χ1v) is 8.15. The fraction of sp³-hybridized carbons (Fsp3) is 0.368. The van der Waals surface area contributed by atoms with Gasteiger partial charge in [-0.05, 0) is 36.2 Å². The molecule has 1 aliphatic heterocycles.